The van der Waals surface area contributed by atoms with E-state index in [0.29, 0.717) is 18.7 Å². The van der Waals surface area contributed by atoms with Crippen LogP contribution in [0.5, 0.6) is 0 Å². The molecule has 6 heteroatoms. The molecule has 2 N–H and O–H groups in total. The van der Waals surface area contributed by atoms with Gasteiger partial charge in [0.1, 0.15) is 5.82 Å². The van der Waals surface area contributed by atoms with Gasteiger partial charge < -0.3 is 15.3 Å². The number of rotatable bonds is 6. The lowest BCUT2D eigenvalue weighted by atomic mass is 9.77. The number of aliphatic hydroxyl groups excluding tert-OH is 1. The van der Waals surface area contributed by atoms with Gasteiger partial charge in [-0.05, 0) is 42.4 Å². The fourth-order valence-electron chi connectivity index (χ4n) is 3.03. The van der Waals surface area contributed by atoms with Crippen molar-refractivity contribution < 1.29 is 19.1 Å². The van der Waals surface area contributed by atoms with Crippen molar-refractivity contribution >= 4 is 11.8 Å². The summed E-state index contributed by atoms with van der Waals surface area (Å²) in [5.41, 5.74) is 0.505. The fraction of sp³-hybridized carbons (Fsp3) is 0.556. The first-order chi connectivity index (χ1) is 11.5. The van der Waals surface area contributed by atoms with Gasteiger partial charge in [0.15, 0.2) is 0 Å². The molecule has 0 saturated carbocycles. The van der Waals surface area contributed by atoms with E-state index in [1.54, 1.807) is 17.0 Å². The number of carbonyl (C=O) groups is 2. The summed E-state index contributed by atoms with van der Waals surface area (Å²) in [6.45, 7) is 3.36. The summed E-state index contributed by atoms with van der Waals surface area (Å²) in [4.78, 5) is 25.8. The van der Waals surface area contributed by atoms with Crippen LogP contribution < -0.4 is 5.32 Å². The minimum atomic E-state index is -0.381. The Hall–Kier alpha value is -1.95. The minimum Gasteiger partial charge on any atom is -0.396 e. The summed E-state index contributed by atoms with van der Waals surface area (Å²) >= 11 is 0. The van der Waals surface area contributed by atoms with Crippen molar-refractivity contribution in [3.05, 3.63) is 35.6 Å². The van der Waals surface area contributed by atoms with Gasteiger partial charge in [0.25, 0.3) is 0 Å². The van der Waals surface area contributed by atoms with Crippen LogP contribution in [0.3, 0.4) is 0 Å². The van der Waals surface area contributed by atoms with Crippen molar-refractivity contribution in [2.24, 2.45) is 5.41 Å². The monoisotopic (exact) mass is 336 g/mol. The number of nitrogens with zero attached hydrogens (tertiary/aromatic N) is 1. The number of hydrogen-bond donors (Lipinski definition) is 2. The van der Waals surface area contributed by atoms with Gasteiger partial charge in [-0.1, -0.05) is 19.1 Å². The molecule has 132 valence electrons. The Morgan fingerprint density at radius 1 is 1.33 bits per heavy atom. The molecule has 24 heavy (non-hydrogen) atoms. The number of halogens is 1. The summed E-state index contributed by atoms with van der Waals surface area (Å²) in [5.74, 6) is -0.803. The molecule has 1 aliphatic rings. The van der Waals surface area contributed by atoms with E-state index >= 15 is 0 Å². The van der Waals surface area contributed by atoms with Crippen LogP contribution in [0.4, 0.5) is 4.39 Å². The lowest BCUT2D eigenvalue weighted by Crippen LogP contribution is -2.47. The van der Waals surface area contributed by atoms with Gasteiger partial charge in [-0.2, -0.15) is 0 Å². The Labute approximate surface area is 141 Å². The van der Waals surface area contributed by atoms with Gasteiger partial charge in [0, 0.05) is 19.7 Å². The van der Waals surface area contributed by atoms with E-state index in [0.717, 1.165) is 19.3 Å². The molecule has 0 spiro atoms. The smallest absolute Gasteiger partial charge is 0.241 e. The van der Waals surface area contributed by atoms with Crippen LogP contribution in [-0.4, -0.2) is 48.1 Å². The molecule has 1 saturated heterocycles. The topological polar surface area (TPSA) is 69.6 Å². The molecule has 1 heterocycles. The number of nitrogens with one attached hydrogen (secondary N) is 1. The highest BCUT2D eigenvalue weighted by Gasteiger charge is 2.33. The first kappa shape index (κ1) is 18.4. The van der Waals surface area contributed by atoms with Crippen molar-refractivity contribution in [3.8, 4) is 0 Å². The zero-order chi connectivity index (χ0) is 17.6. The third-order valence-corrected chi connectivity index (χ3v) is 4.95. The number of likely N-dealkylation sites (tertiary alicyclic amines) is 1. The average Bonchev–Trinajstić information content (AvgIpc) is 2.60. The van der Waals surface area contributed by atoms with Crippen LogP contribution in [0.15, 0.2) is 24.3 Å². The van der Waals surface area contributed by atoms with Crippen LogP contribution in [0, 0.1) is 11.2 Å². The third kappa shape index (κ3) is 4.77. The molecule has 1 aromatic carbocycles. The summed E-state index contributed by atoms with van der Waals surface area (Å²) in [6, 6.07) is 5.86. The zero-order valence-electron chi connectivity index (χ0n) is 14.1. The molecule has 1 fully saturated rings. The second-order valence-corrected chi connectivity index (χ2v) is 6.48. The van der Waals surface area contributed by atoms with E-state index in [9.17, 15) is 19.1 Å². The summed E-state index contributed by atoms with van der Waals surface area (Å²) in [6.07, 6.45) is 2.51. The van der Waals surface area contributed by atoms with Crippen LogP contribution in [0.25, 0.3) is 0 Å². The summed E-state index contributed by atoms with van der Waals surface area (Å²) in [7, 11) is 0. The number of carbonyl (C=O) groups excluding carboxylic acids is 2. The molecule has 2 rings (SSSR count). The molecule has 2 amide bonds. The zero-order valence-corrected chi connectivity index (χ0v) is 14.1. The van der Waals surface area contributed by atoms with E-state index in [-0.39, 0.29) is 42.6 Å². The highest BCUT2D eigenvalue weighted by molar-refractivity contribution is 5.85. The normalized spacial score (nSPS) is 16.7. The molecule has 1 aromatic rings. The standard InChI is InChI=1S/C18H25FN2O3/c1-2-18(13-22)6-8-21(9-7-18)17(24)12-20-16(23)11-14-4-3-5-15(19)10-14/h3-5,10,22H,2,6-9,11-13H2,1H3,(H,20,23). The predicted molar refractivity (Wildman–Crippen MR) is 88.7 cm³/mol. The van der Waals surface area contributed by atoms with Gasteiger partial charge in [-0.25, -0.2) is 4.39 Å². The third-order valence-electron chi connectivity index (χ3n) is 4.95. The van der Waals surface area contributed by atoms with Crippen LogP contribution in [-0.2, 0) is 16.0 Å². The van der Waals surface area contributed by atoms with Crippen LogP contribution in [0.1, 0.15) is 31.7 Å². The maximum absolute atomic E-state index is 13.1. The first-order valence-electron chi connectivity index (χ1n) is 8.38. The number of hydrogen-bond acceptors (Lipinski definition) is 3. The lowest BCUT2D eigenvalue weighted by Gasteiger charge is -2.40. The summed E-state index contributed by atoms with van der Waals surface area (Å²) in [5, 5.41) is 12.1. The van der Waals surface area contributed by atoms with Crippen molar-refractivity contribution in [1.82, 2.24) is 10.2 Å². The molecule has 0 aromatic heterocycles. The SMILES string of the molecule is CCC1(CO)CCN(C(=O)CNC(=O)Cc2cccc(F)c2)CC1. The number of amides is 2. The Bertz CT molecular complexity index is 577. The highest BCUT2D eigenvalue weighted by atomic mass is 19.1. The fourth-order valence-corrected chi connectivity index (χ4v) is 3.03. The maximum Gasteiger partial charge on any atom is 0.241 e. The minimum absolute atomic E-state index is 0.0492. The van der Waals surface area contributed by atoms with E-state index < -0.39 is 0 Å². The van der Waals surface area contributed by atoms with Gasteiger partial charge in [0.05, 0.1) is 13.0 Å². The molecule has 1 aliphatic heterocycles. The van der Waals surface area contributed by atoms with E-state index in [4.69, 9.17) is 0 Å². The molecule has 0 aliphatic carbocycles. The number of piperidine rings is 1. The van der Waals surface area contributed by atoms with Crippen LogP contribution in [0.2, 0.25) is 0 Å². The maximum atomic E-state index is 13.1. The lowest BCUT2D eigenvalue weighted by molar-refractivity contribution is -0.135. The molecule has 0 atom stereocenters. The van der Waals surface area contributed by atoms with Crippen molar-refractivity contribution in [3.63, 3.8) is 0 Å². The Kier molecular flexibility index (Phi) is 6.31. The quantitative estimate of drug-likeness (QED) is 0.827. The van der Waals surface area contributed by atoms with Gasteiger partial charge in [0.2, 0.25) is 11.8 Å². The highest BCUT2D eigenvalue weighted by Crippen LogP contribution is 2.34. The molecular formula is C18H25FN2O3. The Balaban J connectivity index is 1.76. The molecule has 0 bridgehead atoms. The van der Waals surface area contributed by atoms with E-state index in [1.165, 1.54) is 12.1 Å². The average molecular weight is 336 g/mol. The van der Waals surface area contributed by atoms with Gasteiger partial charge in [-0.3, -0.25) is 9.59 Å². The second-order valence-electron chi connectivity index (χ2n) is 6.48. The molecule has 5 nitrogen and oxygen atoms in total. The second kappa shape index (κ2) is 8.24. The largest absolute Gasteiger partial charge is 0.396 e. The van der Waals surface area contributed by atoms with Gasteiger partial charge in [-0.15, -0.1) is 0 Å². The van der Waals surface area contributed by atoms with Crippen molar-refractivity contribution in [1.29, 1.82) is 0 Å². The summed E-state index contributed by atoms with van der Waals surface area (Å²) < 4.78 is 13.1. The first-order valence-corrected chi connectivity index (χ1v) is 8.38. The van der Waals surface area contributed by atoms with E-state index in [2.05, 4.69) is 12.2 Å². The molecule has 0 unspecified atom stereocenters. The molecular weight excluding hydrogens is 311 g/mol. The van der Waals surface area contributed by atoms with E-state index in [1.807, 2.05) is 0 Å². The van der Waals surface area contributed by atoms with Gasteiger partial charge >= 0.3 is 0 Å². The number of aliphatic hydroxyl groups is 1. The van der Waals surface area contributed by atoms with Crippen molar-refractivity contribution in [2.45, 2.75) is 32.6 Å². The number of benzene rings is 1. The predicted octanol–water partition coefficient (Wildman–Crippen LogP) is 1.50. The van der Waals surface area contributed by atoms with Crippen LogP contribution >= 0.6 is 0 Å². The Morgan fingerprint density at radius 3 is 2.62 bits per heavy atom. The van der Waals surface area contributed by atoms with Crippen molar-refractivity contribution in [2.75, 3.05) is 26.2 Å². The molecule has 0 radical (unpaired) electrons. The Morgan fingerprint density at radius 2 is 2.04 bits per heavy atom.